The van der Waals surface area contributed by atoms with E-state index in [1.807, 2.05) is 0 Å². The molecule has 0 unspecified atom stereocenters. The van der Waals surface area contributed by atoms with Crippen LogP contribution in [0.2, 0.25) is 10.0 Å². The molecule has 1 aliphatic rings. The Morgan fingerprint density at radius 1 is 0.750 bits per heavy atom. The fourth-order valence-corrected chi connectivity index (χ4v) is 6.76. The highest BCUT2D eigenvalue weighted by Gasteiger charge is 2.37. The topological polar surface area (TPSA) is 122 Å². The van der Waals surface area contributed by atoms with E-state index < -0.39 is 32.1 Å². The zero-order valence-corrected chi connectivity index (χ0v) is 23.6. The number of halogens is 2. The number of fused-ring (bicyclic) bond motifs is 1. The number of benzene rings is 4. The SMILES string of the molecule is O=C(Nc1ccc(S(=O)(=O)Nc2ccc(Cl)cc2)cc1)[C@@H]1CN(S(=O)(=O)c2ccc(Cl)cc2)c2ccccc2O1. The van der Waals surface area contributed by atoms with Crippen molar-refractivity contribution in [2.75, 3.05) is 20.9 Å². The molecule has 0 spiro atoms. The molecule has 0 aliphatic carbocycles. The summed E-state index contributed by atoms with van der Waals surface area (Å²) in [5.41, 5.74) is 0.934. The molecular formula is C27H21Cl2N3O6S2. The van der Waals surface area contributed by atoms with Crippen molar-refractivity contribution in [2.24, 2.45) is 0 Å². The van der Waals surface area contributed by atoms with Crippen LogP contribution in [0.4, 0.5) is 17.1 Å². The Bertz CT molecular complexity index is 1760. The summed E-state index contributed by atoms with van der Waals surface area (Å²) in [5.74, 6) is -0.387. The third kappa shape index (κ3) is 5.87. The van der Waals surface area contributed by atoms with E-state index in [4.69, 9.17) is 27.9 Å². The van der Waals surface area contributed by atoms with E-state index in [1.54, 1.807) is 36.4 Å². The number of nitrogens with one attached hydrogen (secondary N) is 2. The Morgan fingerprint density at radius 2 is 1.30 bits per heavy atom. The maximum Gasteiger partial charge on any atom is 0.267 e. The Hall–Kier alpha value is -3.77. The summed E-state index contributed by atoms with van der Waals surface area (Å²) in [6, 6.07) is 23.9. The highest BCUT2D eigenvalue weighted by atomic mass is 35.5. The third-order valence-electron chi connectivity index (χ3n) is 5.96. The summed E-state index contributed by atoms with van der Waals surface area (Å²) in [7, 11) is -7.94. The molecule has 0 fully saturated rings. The molecule has 0 saturated heterocycles. The summed E-state index contributed by atoms with van der Waals surface area (Å²) in [4.78, 5) is 13.2. The molecule has 1 amide bonds. The Morgan fingerprint density at radius 3 is 1.95 bits per heavy atom. The second-order valence-electron chi connectivity index (χ2n) is 8.69. The van der Waals surface area contributed by atoms with Crippen LogP contribution in [0, 0.1) is 0 Å². The maximum absolute atomic E-state index is 13.5. The number of sulfonamides is 2. The molecule has 5 rings (SSSR count). The number of hydrogen-bond donors (Lipinski definition) is 2. The van der Waals surface area contributed by atoms with Crippen molar-refractivity contribution in [2.45, 2.75) is 15.9 Å². The molecule has 0 aromatic heterocycles. The first kappa shape index (κ1) is 27.8. The number of amides is 1. The van der Waals surface area contributed by atoms with Gasteiger partial charge in [-0.25, -0.2) is 16.8 Å². The van der Waals surface area contributed by atoms with E-state index in [0.29, 0.717) is 27.1 Å². The van der Waals surface area contributed by atoms with Gasteiger partial charge in [-0.3, -0.25) is 13.8 Å². The first-order valence-corrected chi connectivity index (χ1v) is 15.4. The molecule has 1 heterocycles. The van der Waals surface area contributed by atoms with E-state index in [1.165, 1.54) is 60.7 Å². The number of rotatable bonds is 7. The minimum atomic E-state index is -4.05. The van der Waals surface area contributed by atoms with Crippen molar-refractivity contribution in [1.82, 2.24) is 0 Å². The number of carbonyl (C=O) groups excluding carboxylic acids is 1. The number of hydrogen-bond acceptors (Lipinski definition) is 6. The van der Waals surface area contributed by atoms with Crippen LogP contribution in [-0.2, 0) is 24.8 Å². The van der Waals surface area contributed by atoms with Crippen LogP contribution in [0.3, 0.4) is 0 Å². The van der Waals surface area contributed by atoms with Crippen LogP contribution in [0.25, 0.3) is 0 Å². The van der Waals surface area contributed by atoms with Crippen LogP contribution in [0.5, 0.6) is 5.75 Å². The average Bonchev–Trinajstić information content (AvgIpc) is 2.94. The second-order valence-corrected chi connectivity index (χ2v) is 13.1. The van der Waals surface area contributed by atoms with Gasteiger partial charge in [0.05, 0.1) is 22.0 Å². The minimum Gasteiger partial charge on any atom is -0.476 e. The van der Waals surface area contributed by atoms with Gasteiger partial charge in [0.1, 0.15) is 5.75 Å². The molecule has 40 heavy (non-hydrogen) atoms. The maximum atomic E-state index is 13.5. The molecule has 1 aliphatic heterocycles. The number of anilines is 3. The van der Waals surface area contributed by atoms with Crippen LogP contribution < -0.4 is 19.1 Å². The summed E-state index contributed by atoms with van der Waals surface area (Å²) < 4.78 is 61.9. The second kappa shape index (κ2) is 11.0. The molecule has 4 aromatic rings. The highest BCUT2D eigenvalue weighted by Crippen LogP contribution is 2.37. The van der Waals surface area contributed by atoms with Gasteiger partial charge in [0.2, 0.25) is 0 Å². The Labute approximate surface area is 241 Å². The van der Waals surface area contributed by atoms with E-state index in [0.717, 1.165) is 4.31 Å². The molecule has 9 nitrogen and oxygen atoms in total. The monoisotopic (exact) mass is 617 g/mol. The van der Waals surface area contributed by atoms with E-state index in [9.17, 15) is 21.6 Å². The van der Waals surface area contributed by atoms with Gasteiger partial charge in [-0.05, 0) is 84.9 Å². The number of ether oxygens (including phenoxy) is 1. The van der Waals surface area contributed by atoms with Crippen LogP contribution in [0.1, 0.15) is 0 Å². The molecule has 13 heteroatoms. The molecule has 2 N–H and O–H groups in total. The van der Waals surface area contributed by atoms with Crippen LogP contribution in [-0.4, -0.2) is 35.4 Å². The predicted molar refractivity (Wildman–Crippen MR) is 154 cm³/mol. The highest BCUT2D eigenvalue weighted by molar-refractivity contribution is 7.93. The fourth-order valence-electron chi connectivity index (χ4n) is 3.97. The first-order valence-electron chi connectivity index (χ1n) is 11.8. The summed E-state index contributed by atoms with van der Waals surface area (Å²) in [6.45, 7) is -0.286. The van der Waals surface area contributed by atoms with Crippen molar-refractivity contribution in [3.63, 3.8) is 0 Å². The predicted octanol–water partition coefficient (Wildman–Crippen LogP) is 5.39. The molecular weight excluding hydrogens is 597 g/mol. The lowest BCUT2D eigenvalue weighted by molar-refractivity contribution is -0.122. The Balaban J connectivity index is 1.33. The normalized spacial score (nSPS) is 15.1. The van der Waals surface area contributed by atoms with Gasteiger partial charge < -0.3 is 10.1 Å². The van der Waals surface area contributed by atoms with Crippen molar-refractivity contribution in [3.8, 4) is 5.75 Å². The lowest BCUT2D eigenvalue weighted by Crippen LogP contribution is -2.48. The van der Waals surface area contributed by atoms with E-state index in [-0.39, 0.29) is 22.1 Å². The number of carbonyl (C=O) groups is 1. The lowest BCUT2D eigenvalue weighted by atomic mass is 10.2. The van der Waals surface area contributed by atoms with Gasteiger partial charge in [0.25, 0.3) is 26.0 Å². The fraction of sp³-hybridized carbons (Fsp3) is 0.0741. The Kier molecular flexibility index (Phi) is 7.65. The van der Waals surface area contributed by atoms with Crippen molar-refractivity contribution in [3.05, 3.63) is 107 Å². The van der Waals surface area contributed by atoms with Crippen molar-refractivity contribution < 1.29 is 26.4 Å². The van der Waals surface area contributed by atoms with E-state index in [2.05, 4.69) is 10.0 Å². The smallest absolute Gasteiger partial charge is 0.267 e. The zero-order valence-electron chi connectivity index (χ0n) is 20.5. The molecule has 206 valence electrons. The van der Waals surface area contributed by atoms with Gasteiger partial charge in [-0.2, -0.15) is 0 Å². The van der Waals surface area contributed by atoms with E-state index >= 15 is 0 Å². The van der Waals surface area contributed by atoms with Gasteiger partial charge in [0.15, 0.2) is 6.10 Å². The largest absolute Gasteiger partial charge is 0.476 e. The van der Waals surface area contributed by atoms with Gasteiger partial charge in [-0.1, -0.05) is 35.3 Å². The van der Waals surface area contributed by atoms with Gasteiger partial charge >= 0.3 is 0 Å². The van der Waals surface area contributed by atoms with Crippen LogP contribution in [0.15, 0.2) is 107 Å². The number of nitrogens with zero attached hydrogens (tertiary/aromatic N) is 1. The summed E-state index contributed by atoms with van der Waals surface area (Å²) >= 11 is 11.8. The molecule has 1 atom stereocenters. The number of para-hydroxylation sites is 2. The molecule has 4 aromatic carbocycles. The first-order chi connectivity index (χ1) is 19.0. The summed E-state index contributed by atoms with van der Waals surface area (Å²) in [5, 5.41) is 3.52. The summed E-state index contributed by atoms with van der Waals surface area (Å²) in [6.07, 6.45) is -1.19. The zero-order chi connectivity index (χ0) is 28.5. The quantitative estimate of drug-likeness (QED) is 0.287. The third-order valence-corrected chi connectivity index (χ3v) is 9.65. The van der Waals surface area contributed by atoms with Crippen LogP contribution >= 0.6 is 23.2 Å². The van der Waals surface area contributed by atoms with Gasteiger partial charge in [-0.15, -0.1) is 0 Å². The lowest BCUT2D eigenvalue weighted by Gasteiger charge is -2.34. The molecule has 0 bridgehead atoms. The standard InChI is InChI=1S/C27H21Cl2N3O6S2/c28-18-5-9-21(10-6-18)31-39(34,35)22-15-11-20(12-16-22)30-27(33)26-17-32(24-3-1-2-4-25(24)38-26)40(36,37)23-13-7-19(29)8-14-23/h1-16,26,31H,17H2,(H,30,33)/t26-/m0/s1. The molecule has 0 radical (unpaired) electrons. The minimum absolute atomic E-state index is 0.0109. The van der Waals surface area contributed by atoms with Crippen molar-refractivity contribution in [1.29, 1.82) is 0 Å². The van der Waals surface area contributed by atoms with Crippen molar-refractivity contribution >= 4 is 66.2 Å². The average molecular weight is 619 g/mol. The van der Waals surface area contributed by atoms with Gasteiger partial charge in [0, 0.05) is 21.4 Å². The molecule has 0 saturated carbocycles.